The van der Waals surface area contributed by atoms with Gasteiger partial charge in [0.2, 0.25) is 0 Å². The minimum absolute atomic E-state index is 0. The molecule has 0 aromatic rings. The average Bonchev–Trinajstić information content (AvgIpc) is 1.85. The first-order valence-electron chi connectivity index (χ1n) is 3.96. The maximum absolute atomic E-state index is 10.9. The number of hydrogen-bond acceptors (Lipinski definition) is 3. The number of sulfone groups is 1. The van der Waals surface area contributed by atoms with E-state index in [1.54, 1.807) is 0 Å². The number of nitrogens with one attached hydrogen (secondary N) is 1. The fourth-order valence-corrected chi connectivity index (χ4v) is 2.64. The Kier molecular flexibility index (Phi) is 5.13. The van der Waals surface area contributed by atoms with Gasteiger partial charge < -0.3 is 5.32 Å². The normalized spacial score (nSPS) is 24.6. The second-order valence-electron chi connectivity index (χ2n) is 3.30. The van der Waals surface area contributed by atoms with Crippen LogP contribution in [0.15, 0.2) is 0 Å². The first kappa shape index (κ1) is 12.2. The van der Waals surface area contributed by atoms with E-state index in [2.05, 4.69) is 5.32 Å². The number of rotatable bonds is 2. The summed E-state index contributed by atoms with van der Waals surface area (Å²) in [5, 5.41) is 3.19. The summed E-state index contributed by atoms with van der Waals surface area (Å²) in [7, 11) is -2.76. The molecular formula is C7H16ClNO2S. The van der Waals surface area contributed by atoms with Gasteiger partial charge in [0.15, 0.2) is 0 Å². The van der Waals surface area contributed by atoms with Crippen molar-refractivity contribution in [3.05, 3.63) is 0 Å². The molecule has 0 aliphatic carbocycles. The minimum Gasteiger partial charge on any atom is -0.316 e. The predicted molar refractivity (Wildman–Crippen MR) is 52.6 cm³/mol. The summed E-state index contributed by atoms with van der Waals surface area (Å²) in [4.78, 5) is 0. The highest BCUT2D eigenvalue weighted by atomic mass is 35.5. The fraction of sp³-hybridized carbons (Fsp3) is 1.00. The lowest BCUT2D eigenvalue weighted by Gasteiger charge is -2.21. The van der Waals surface area contributed by atoms with Crippen LogP contribution in [0.2, 0.25) is 0 Å². The largest absolute Gasteiger partial charge is 0.316 e. The summed E-state index contributed by atoms with van der Waals surface area (Å²) >= 11 is 0. The molecular weight excluding hydrogens is 198 g/mol. The molecule has 1 atom stereocenters. The Morgan fingerprint density at radius 2 is 2.17 bits per heavy atom. The van der Waals surface area contributed by atoms with Crippen molar-refractivity contribution in [1.29, 1.82) is 0 Å². The molecule has 0 spiro atoms. The van der Waals surface area contributed by atoms with Gasteiger partial charge in [0, 0.05) is 6.26 Å². The molecule has 0 saturated carbocycles. The zero-order valence-electron chi connectivity index (χ0n) is 7.25. The molecule has 1 N–H and O–H groups in total. The Balaban J connectivity index is 0.00000121. The van der Waals surface area contributed by atoms with Gasteiger partial charge >= 0.3 is 0 Å². The number of piperidine rings is 1. The van der Waals surface area contributed by atoms with E-state index in [4.69, 9.17) is 0 Å². The van der Waals surface area contributed by atoms with E-state index in [0.29, 0.717) is 11.7 Å². The molecule has 0 aromatic carbocycles. The summed E-state index contributed by atoms with van der Waals surface area (Å²) in [5.41, 5.74) is 0. The Hall–Kier alpha value is 0.200. The van der Waals surface area contributed by atoms with Crippen LogP contribution in [0.25, 0.3) is 0 Å². The highest BCUT2D eigenvalue weighted by Gasteiger charge is 2.17. The minimum atomic E-state index is -2.76. The summed E-state index contributed by atoms with van der Waals surface area (Å²) in [6.07, 6.45) is 3.47. The lowest BCUT2D eigenvalue weighted by Crippen LogP contribution is -2.33. The maximum Gasteiger partial charge on any atom is 0.147 e. The van der Waals surface area contributed by atoms with E-state index >= 15 is 0 Å². The Bertz CT molecular complexity index is 209. The van der Waals surface area contributed by atoms with Gasteiger partial charge in [-0.3, -0.25) is 0 Å². The van der Waals surface area contributed by atoms with Crippen LogP contribution in [0.4, 0.5) is 0 Å². The quantitative estimate of drug-likeness (QED) is 0.725. The molecule has 1 rings (SSSR count). The van der Waals surface area contributed by atoms with Crippen LogP contribution >= 0.6 is 12.4 Å². The smallest absolute Gasteiger partial charge is 0.147 e. The van der Waals surface area contributed by atoms with Crippen molar-refractivity contribution in [3.8, 4) is 0 Å². The van der Waals surface area contributed by atoms with Crippen LogP contribution in [0.1, 0.15) is 12.8 Å². The molecule has 1 saturated heterocycles. The van der Waals surface area contributed by atoms with Crippen LogP contribution in [0.5, 0.6) is 0 Å². The first-order chi connectivity index (χ1) is 5.08. The Labute approximate surface area is 80.3 Å². The summed E-state index contributed by atoms with van der Waals surface area (Å²) in [6.45, 7) is 1.91. The summed E-state index contributed by atoms with van der Waals surface area (Å²) in [5.74, 6) is 0.693. The second kappa shape index (κ2) is 5.04. The van der Waals surface area contributed by atoms with E-state index < -0.39 is 9.84 Å². The van der Waals surface area contributed by atoms with E-state index in [9.17, 15) is 8.42 Å². The first-order valence-corrected chi connectivity index (χ1v) is 6.02. The van der Waals surface area contributed by atoms with Crippen LogP contribution in [-0.4, -0.2) is 33.5 Å². The zero-order valence-corrected chi connectivity index (χ0v) is 8.88. The van der Waals surface area contributed by atoms with Crippen molar-refractivity contribution in [2.45, 2.75) is 12.8 Å². The van der Waals surface area contributed by atoms with Crippen molar-refractivity contribution in [1.82, 2.24) is 5.32 Å². The van der Waals surface area contributed by atoms with Crippen LogP contribution in [-0.2, 0) is 9.84 Å². The van der Waals surface area contributed by atoms with E-state index in [1.807, 2.05) is 0 Å². The molecule has 0 amide bonds. The second-order valence-corrected chi connectivity index (χ2v) is 5.49. The van der Waals surface area contributed by atoms with Crippen LogP contribution in [0, 0.1) is 5.92 Å². The standard InChI is InChI=1S/C7H15NO2S.ClH/c1-11(9,10)6-7-3-2-4-8-5-7;/h7-8H,2-6H2,1H3;1H. The molecule has 1 aliphatic rings. The molecule has 1 unspecified atom stereocenters. The lowest BCUT2D eigenvalue weighted by atomic mass is 10.0. The van der Waals surface area contributed by atoms with Gasteiger partial charge in [0.05, 0.1) is 5.75 Å². The average molecular weight is 214 g/mol. The molecule has 1 aliphatic heterocycles. The van der Waals surface area contributed by atoms with Gasteiger partial charge in [-0.15, -0.1) is 12.4 Å². The Morgan fingerprint density at radius 1 is 1.50 bits per heavy atom. The van der Waals surface area contributed by atoms with Crippen molar-refractivity contribution < 1.29 is 8.42 Å². The zero-order chi connectivity index (χ0) is 8.32. The third-order valence-corrected chi connectivity index (χ3v) is 3.01. The molecule has 1 heterocycles. The Morgan fingerprint density at radius 3 is 2.58 bits per heavy atom. The van der Waals surface area contributed by atoms with Crippen LogP contribution in [0.3, 0.4) is 0 Å². The van der Waals surface area contributed by atoms with Gasteiger partial charge in [-0.2, -0.15) is 0 Å². The van der Waals surface area contributed by atoms with Crippen molar-refractivity contribution in [2.24, 2.45) is 5.92 Å². The van der Waals surface area contributed by atoms with Gasteiger partial charge in [-0.25, -0.2) is 8.42 Å². The number of hydrogen-bond donors (Lipinski definition) is 1. The highest BCUT2D eigenvalue weighted by molar-refractivity contribution is 7.90. The van der Waals surface area contributed by atoms with Gasteiger partial charge in [0.25, 0.3) is 0 Å². The topological polar surface area (TPSA) is 46.2 Å². The molecule has 0 radical (unpaired) electrons. The molecule has 74 valence electrons. The molecule has 0 aromatic heterocycles. The summed E-state index contributed by atoms with van der Waals surface area (Å²) in [6, 6.07) is 0. The van der Waals surface area contributed by atoms with Crippen LogP contribution < -0.4 is 5.32 Å². The van der Waals surface area contributed by atoms with Crippen molar-refractivity contribution >= 4 is 22.2 Å². The van der Waals surface area contributed by atoms with Gasteiger partial charge in [0.1, 0.15) is 9.84 Å². The van der Waals surface area contributed by atoms with E-state index in [1.165, 1.54) is 6.26 Å². The fourth-order valence-electron chi connectivity index (χ4n) is 1.49. The van der Waals surface area contributed by atoms with E-state index in [0.717, 1.165) is 25.9 Å². The van der Waals surface area contributed by atoms with Crippen molar-refractivity contribution in [2.75, 3.05) is 25.1 Å². The van der Waals surface area contributed by atoms with Crippen molar-refractivity contribution in [3.63, 3.8) is 0 Å². The van der Waals surface area contributed by atoms with E-state index in [-0.39, 0.29) is 12.4 Å². The monoisotopic (exact) mass is 213 g/mol. The number of halogens is 1. The third-order valence-electron chi connectivity index (χ3n) is 1.94. The maximum atomic E-state index is 10.9. The lowest BCUT2D eigenvalue weighted by molar-refractivity contribution is 0.404. The molecule has 1 fully saturated rings. The third kappa shape index (κ3) is 4.95. The highest BCUT2D eigenvalue weighted by Crippen LogP contribution is 2.11. The molecule has 3 nitrogen and oxygen atoms in total. The van der Waals surface area contributed by atoms with Gasteiger partial charge in [-0.05, 0) is 31.8 Å². The SMILES string of the molecule is CS(=O)(=O)CC1CCCNC1.Cl. The molecule has 12 heavy (non-hydrogen) atoms. The predicted octanol–water partition coefficient (Wildman–Crippen LogP) is 0.452. The molecule has 0 bridgehead atoms. The summed E-state index contributed by atoms with van der Waals surface area (Å²) < 4.78 is 21.7. The molecule has 5 heteroatoms. The van der Waals surface area contributed by atoms with Gasteiger partial charge in [-0.1, -0.05) is 0 Å².